The van der Waals surface area contributed by atoms with Crippen LogP contribution in [0.15, 0.2) is 6.33 Å². The molecule has 1 amide bonds. The number of hydrogen-bond donors (Lipinski definition) is 1. The molecule has 0 bridgehead atoms. The van der Waals surface area contributed by atoms with E-state index in [1.807, 2.05) is 11.8 Å². The molecule has 3 saturated heterocycles. The van der Waals surface area contributed by atoms with Gasteiger partial charge in [-0.3, -0.25) is 14.6 Å². The molecule has 9 heteroatoms. The van der Waals surface area contributed by atoms with Crippen LogP contribution in [-0.4, -0.2) is 95.3 Å². The van der Waals surface area contributed by atoms with Gasteiger partial charge in [0.25, 0.3) is 0 Å². The van der Waals surface area contributed by atoms with Crippen molar-refractivity contribution in [1.82, 2.24) is 24.7 Å². The normalized spacial score (nSPS) is 29.2. The Labute approximate surface area is 154 Å². The summed E-state index contributed by atoms with van der Waals surface area (Å²) >= 11 is 0. The molecule has 3 aliphatic rings. The number of nitrogens with one attached hydrogen (secondary N) is 1. The number of nitrogens with zero attached hydrogens (tertiary/aromatic N) is 4. The van der Waals surface area contributed by atoms with Gasteiger partial charge in [-0.25, -0.2) is 13.4 Å². The zero-order valence-corrected chi connectivity index (χ0v) is 16.0. The van der Waals surface area contributed by atoms with Crippen molar-refractivity contribution in [2.24, 2.45) is 0 Å². The third-order valence-corrected chi connectivity index (χ3v) is 7.65. The minimum absolute atomic E-state index is 0.0783. The zero-order valence-electron chi connectivity index (χ0n) is 15.2. The molecule has 8 nitrogen and oxygen atoms in total. The van der Waals surface area contributed by atoms with Gasteiger partial charge in [-0.1, -0.05) is 0 Å². The van der Waals surface area contributed by atoms with Gasteiger partial charge < -0.3 is 9.88 Å². The lowest BCUT2D eigenvalue weighted by molar-refractivity contribution is -0.138. The molecule has 26 heavy (non-hydrogen) atoms. The number of likely N-dealkylation sites (tertiary alicyclic amines) is 1. The van der Waals surface area contributed by atoms with Crippen molar-refractivity contribution in [3.63, 3.8) is 0 Å². The molecule has 0 aliphatic carbocycles. The fraction of sp³-hybridized carbons (Fsp3) is 0.765. The number of carbonyl (C=O) groups is 1. The molecule has 0 radical (unpaired) electrons. The van der Waals surface area contributed by atoms with Gasteiger partial charge in [0.05, 0.1) is 36.1 Å². The highest BCUT2D eigenvalue weighted by Crippen LogP contribution is 2.28. The number of H-pyrrole nitrogens is 1. The average molecular weight is 382 g/mol. The molecule has 0 saturated carbocycles. The summed E-state index contributed by atoms with van der Waals surface area (Å²) in [5.41, 5.74) is 1.96. The molecular formula is C17H27N5O3S. The Kier molecular flexibility index (Phi) is 4.79. The van der Waals surface area contributed by atoms with Gasteiger partial charge >= 0.3 is 0 Å². The number of aromatic nitrogens is 2. The first-order valence-electron chi connectivity index (χ1n) is 9.38. The van der Waals surface area contributed by atoms with Crippen LogP contribution >= 0.6 is 0 Å². The maximum atomic E-state index is 12.8. The molecule has 0 aromatic carbocycles. The lowest BCUT2D eigenvalue weighted by Gasteiger charge is -2.44. The predicted octanol–water partition coefficient (Wildman–Crippen LogP) is -0.376. The highest BCUT2D eigenvalue weighted by molar-refractivity contribution is 7.91. The van der Waals surface area contributed by atoms with E-state index in [4.69, 9.17) is 0 Å². The van der Waals surface area contributed by atoms with Crippen LogP contribution in [0.5, 0.6) is 0 Å². The summed E-state index contributed by atoms with van der Waals surface area (Å²) < 4.78 is 24.7. The second kappa shape index (κ2) is 6.94. The second-order valence-corrected chi connectivity index (χ2v) is 9.88. The lowest BCUT2D eigenvalue weighted by Crippen LogP contribution is -2.61. The SMILES string of the molecule is Cc1[nH]cnc1CN1CCN(C(=O)CN2CCCC2)[C@@H]2CS(=O)(=O)C[C@@H]21. The summed E-state index contributed by atoms with van der Waals surface area (Å²) in [6.07, 6.45) is 3.96. The Hall–Kier alpha value is -1.45. The molecule has 3 fully saturated rings. The third-order valence-electron chi connectivity index (χ3n) is 5.96. The quantitative estimate of drug-likeness (QED) is 0.765. The maximum Gasteiger partial charge on any atom is 0.237 e. The Morgan fingerprint density at radius 1 is 1.19 bits per heavy atom. The van der Waals surface area contributed by atoms with Gasteiger partial charge in [0, 0.05) is 31.4 Å². The molecule has 0 unspecified atom stereocenters. The summed E-state index contributed by atoms with van der Waals surface area (Å²) in [7, 11) is -3.12. The summed E-state index contributed by atoms with van der Waals surface area (Å²) in [5, 5.41) is 0. The second-order valence-electron chi connectivity index (χ2n) is 7.73. The highest BCUT2D eigenvalue weighted by atomic mass is 32.2. The largest absolute Gasteiger partial charge is 0.348 e. The van der Waals surface area contributed by atoms with Crippen LogP contribution in [0.3, 0.4) is 0 Å². The van der Waals surface area contributed by atoms with Crippen molar-refractivity contribution in [1.29, 1.82) is 0 Å². The fourth-order valence-electron chi connectivity index (χ4n) is 4.49. The predicted molar refractivity (Wildman–Crippen MR) is 97.4 cm³/mol. The topological polar surface area (TPSA) is 89.6 Å². The van der Waals surface area contributed by atoms with Crippen molar-refractivity contribution >= 4 is 15.7 Å². The molecule has 144 valence electrons. The van der Waals surface area contributed by atoms with E-state index < -0.39 is 9.84 Å². The van der Waals surface area contributed by atoms with Crippen molar-refractivity contribution in [3.8, 4) is 0 Å². The summed E-state index contributed by atoms with van der Waals surface area (Å²) in [5.74, 6) is 0.295. The van der Waals surface area contributed by atoms with Crippen molar-refractivity contribution in [2.75, 3.05) is 44.2 Å². The van der Waals surface area contributed by atoms with Gasteiger partial charge in [0.2, 0.25) is 5.91 Å². The van der Waals surface area contributed by atoms with Gasteiger partial charge in [-0.05, 0) is 32.9 Å². The van der Waals surface area contributed by atoms with Crippen LogP contribution < -0.4 is 0 Å². The van der Waals surface area contributed by atoms with Crippen LogP contribution in [-0.2, 0) is 21.2 Å². The van der Waals surface area contributed by atoms with E-state index in [9.17, 15) is 13.2 Å². The molecule has 1 aromatic heterocycles. The van der Waals surface area contributed by atoms with Crippen LogP contribution in [0.25, 0.3) is 0 Å². The van der Waals surface area contributed by atoms with Crippen LogP contribution in [0.2, 0.25) is 0 Å². The standard InChI is InChI=1S/C17H27N5O3S/c1-13-14(19-12-18-13)8-21-6-7-22(16-11-26(24,25)10-15(16)21)17(23)9-20-4-2-3-5-20/h12,15-16H,2-11H2,1H3,(H,18,19)/t15-,16+/m0/s1. The monoisotopic (exact) mass is 381 g/mol. The molecule has 1 N–H and O–H groups in total. The van der Waals surface area contributed by atoms with E-state index in [1.165, 1.54) is 0 Å². The number of hydrogen-bond acceptors (Lipinski definition) is 6. The number of sulfone groups is 1. The molecule has 2 atom stereocenters. The van der Waals surface area contributed by atoms with Crippen molar-refractivity contribution < 1.29 is 13.2 Å². The average Bonchev–Trinajstić information content (AvgIpc) is 3.28. The Bertz CT molecular complexity index is 771. The zero-order chi connectivity index (χ0) is 18.3. The number of carbonyl (C=O) groups excluding carboxylic acids is 1. The van der Waals surface area contributed by atoms with E-state index in [0.717, 1.165) is 37.3 Å². The van der Waals surface area contributed by atoms with E-state index in [2.05, 4.69) is 19.8 Å². The number of rotatable bonds is 4. The number of piperazine rings is 1. The van der Waals surface area contributed by atoms with E-state index in [1.54, 1.807) is 6.33 Å². The lowest BCUT2D eigenvalue weighted by atomic mass is 10.0. The first kappa shape index (κ1) is 17.9. The Morgan fingerprint density at radius 2 is 1.92 bits per heavy atom. The van der Waals surface area contributed by atoms with Crippen molar-refractivity contribution in [2.45, 2.75) is 38.4 Å². The molecule has 3 aliphatic heterocycles. The molecule has 4 heterocycles. The minimum atomic E-state index is -3.12. The Morgan fingerprint density at radius 3 is 2.62 bits per heavy atom. The first-order valence-corrected chi connectivity index (χ1v) is 11.2. The number of aryl methyl sites for hydroxylation is 1. The molecule has 0 spiro atoms. The number of aromatic amines is 1. The van der Waals surface area contributed by atoms with E-state index >= 15 is 0 Å². The summed E-state index contributed by atoms with van der Waals surface area (Å²) in [6.45, 7) is 6.23. The third kappa shape index (κ3) is 3.52. The smallest absolute Gasteiger partial charge is 0.237 e. The minimum Gasteiger partial charge on any atom is -0.348 e. The fourth-order valence-corrected chi connectivity index (χ4v) is 6.50. The van der Waals surface area contributed by atoms with E-state index in [0.29, 0.717) is 26.2 Å². The van der Waals surface area contributed by atoms with Crippen LogP contribution in [0.4, 0.5) is 0 Å². The van der Waals surface area contributed by atoms with Crippen LogP contribution in [0, 0.1) is 6.92 Å². The van der Waals surface area contributed by atoms with Gasteiger partial charge in [0.15, 0.2) is 9.84 Å². The van der Waals surface area contributed by atoms with Crippen molar-refractivity contribution in [3.05, 3.63) is 17.7 Å². The summed E-state index contributed by atoms with van der Waals surface area (Å²) in [6, 6.07) is -0.365. The summed E-state index contributed by atoms with van der Waals surface area (Å²) in [4.78, 5) is 26.5. The Balaban J connectivity index is 1.50. The highest BCUT2D eigenvalue weighted by Gasteiger charge is 2.48. The van der Waals surface area contributed by atoms with Gasteiger partial charge in [-0.15, -0.1) is 0 Å². The molecular weight excluding hydrogens is 354 g/mol. The maximum absolute atomic E-state index is 12.8. The number of fused-ring (bicyclic) bond motifs is 1. The number of imidazole rings is 1. The molecule has 4 rings (SSSR count). The first-order chi connectivity index (χ1) is 12.4. The van der Waals surface area contributed by atoms with Gasteiger partial charge in [0.1, 0.15) is 0 Å². The van der Waals surface area contributed by atoms with Crippen LogP contribution in [0.1, 0.15) is 24.2 Å². The number of amides is 1. The molecule has 1 aromatic rings. The van der Waals surface area contributed by atoms with Gasteiger partial charge in [-0.2, -0.15) is 0 Å². The van der Waals surface area contributed by atoms with E-state index in [-0.39, 0.29) is 29.5 Å².